The quantitative estimate of drug-likeness (QED) is 0.477. The first-order valence-corrected chi connectivity index (χ1v) is 9.47. The molecule has 1 aromatic heterocycles. The van der Waals surface area contributed by atoms with E-state index in [-0.39, 0.29) is 18.2 Å². The van der Waals surface area contributed by atoms with Gasteiger partial charge in [0.05, 0.1) is 12.6 Å². The summed E-state index contributed by atoms with van der Waals surface area (Å²) in [6, 6.07) is 14.3. The highest BCUT2D eigenvalue weighted by Crippen LogP contribution is 2.17. The molecule has 0 aliphatic heterocycles. The molecule has 0 aliphatic rings. The lowest BCUT2D eigenvalue weighted by Crippen LogP contribution is -2.19. The summed E-state index contributed by atoms with van der Waals surface area (Å²) in [6.07, 6.45) is 1.53. The SMILES string of the molecule is Cc1cccc(C(=O)Nc2nnc(CC(=O)N/N=C\c3ccc(Cl)cc3)s2)c1. The number of benzene rings is 2. The number of hydrogen-bond donors (Lipinski definition) is 2. The molecule has 0 spiro atoms. The Labute approximate surface area is 170 Å². The summed E-state index contributed by atoms with van der Waals surface area (Å²) in [6.45, 7) is 1.91. The monoisotopic (exact) mass is 413 g/mol. The van der Waals surface area contributed by atoms with Crippen molar-refractivity contribution in [2.24, 2.45) is 5.10 Å². The number of nitrogens with one attached hydrogen (secondary N) is 2. The molecule has 0 fully saturated rings. The zero-order chi connectivity index (χ0) is 19.9. The summed E-state index contributed by atoms with van der Waals surface area (Å²) in [5, 5.41) is 15.8. The lowest BCUT2D eigenvalue weighted by Gasteiger charge is -2.01. The van der Waals surface area contributed by atoms with Crippen molar-refractivity contribution in [3.05, 3.63) is 75.3 Å². The highest BCUT2D eigenvalue weighted by atomic mass is 35.5. The molecule has 0 saturated carbocycles. The number of aryl methyl sites for hydroxylation is 1. The third-order valence-electron chi connectivity index (χ3n) is 3.55. The van der Waals surface area contributed by atoms with E-state index >= 15 is 0 Å². The van der Waals surface area contributed by atoms with E-state index in [1.807, 2.05) is 19.1 Å². The van der Waals surface area contributed by atoms with Crippen LogP contribution in [0.3, 0.4) is 0 Å². The number of nitrogens with zero attached hydrogens (tertiary/aromatic N) is 3. The summed E-state index contributed by atoms with van der Waals surface area (Å²) in [5.41, 5.74) is 4.75. The van der Waals surface area contributed by atoms with E-state index in [0.29, 0.717) is 20.7 Å². The number of anilines is 1. The molecule has 2 amide bonds. The molecule has 0 bridgehead atoms. The van der Waals surface area contributed by atoms with Crippen LogP contribution in [0.1, 0.15) is 26.5 Å². The Morgan fingerprint density at radius 1 is 1.18 bits per heavy atom. The minimum atomic E-state index is -0.335. The van der Waals surface area contributed by atoms with Crippen LogP contribution in [0, 0.1) is 6.92 Å². The highest BCUT2D eigenvalue weighted by Gasteiger charge is 2.12. The number of amides is 2. The zero-order valence-corrected chi connectivity index (χ0v) is 16.4. The predicted octanol–water partition coefficient (Wildman–Crippen LogP) is 3.45. The normalized spacial score (nSPS) is 10.8. The van der Waals surface area contributed by atoms with Crippen molar-refractivity contribution in [2.45, 2.75) is 13.3 Å². The minimum Gasteiger partial charge on any atom is -0.296 e. The molecule has 0 aliphatic carbocycles. The van der Waals surface area contributed by atoms with Crippen LogP contribution in [-0.4, -0.2) is 28.2 Å². The van der Waals surface area contributed by atoms with Gasteiger partial charge in [0.15, 0.2) is 0 Å². The van der Waals surface area contributed by atoms with Gasteiger partial charge in [0.1, 0.15) is 5.01 Å². The molecule has 2 aromatic carbocycles. The molecule has 1 heterocycles. The molecule has 0 saturated heterocycles. The van der Waals surface area contributed by atoms with Crippen molar-refractivity contribution >= 4 is 46.1 Å². The first-order chi connectivity index (χ1) is 13.5. The maximum atomic E-state index is 12.2. The third kappa shape index (κ3) is 5.70. The molecule has 0 atom stereocenters. The zero-order valence-electron chi connectivity index (χ0n) is 14.8. The number of rotatable bonds is 6. The van der Waals surface area contributed by atoms with Gasteiger partial charge in [-0.15, -0.1) is 10.2 Å². The van der Waals surface area contributed by atoms with Gasteiger partial charge < -0.3 is 0 Å². The van der Waals surface area contributed by atoms with Crippen LogP contribution in [-0.2, 0) is 11.2 Å². The molecule has 3 rings (SSSR count). The molecule has 9 heteroatoms. The number of carbonyl (C=O) groups is 2. The molecule has 0 unspecified atom stereocenters. The Morgan fingerprint density at radius 2 is 1.96 bits per heavy atom. The van der Waals surface area contributed by atoms with Crippen molar-refractivity contribution in [2.75, 3.05) is 5.32 Å². The smallest absolute Gasteiger partial charge is 0.257 e. The standard InChI is InChI=1S/C19H16ClN5O2S/c1-12-3-2-4-14(9-12)18(27)22-19-25-24-17(28-19)10-16(26)23-21-11-13-5-7-15(20)8-6-13/h2-9,11H,10H2,1H3,(H,23,26)(H,22,25,27)/b21-11-. The summed E-state index contributed by atoms with van der Waals surface area (Å²) in [7, 11) is 0. The lowest BCUT2D eigenvalue weighted by atomic mass is 10.1. The number of carbonyl (C=O) groups excluding carboxylic acids is 2. The van der Waals surface area contributed by atoms with Crippen LogP contribution in [0.2, 0.25) is 5.02 Å². The topological polar surface area (TPSA) is 96.3 Å². The fourth-order valence-electron chi connectivity index (χ4n) is 2.24. The molecule has 7 nitrogen and oxygen atoms in total. The minimum absolute atomic E-state index is 0.00986. The molecule has 142 valence electrons. The summed E-state index contributed by atoms with van der Waals surface area (Å²) in [5.74, 6) is -0.610. The van der Waals surface area contributed by atoms with E-state index in [2.05, 4.69) is 26.0 Å². The van der Waals surface area contributed by atoms with Crippen molar-refractivity contribution in [3.8, 4) is 0 Å². The Hall–Kier alpha value is -3.10. The van der Waals surface area contributed by atoms with E-state index in [1.54, 1.807) is 36.4 Å². The van der Waals surface area contributed by atoms with Crippen molar-refractivity contribution in [1.82, 2.24) is 15.6 Å². The molecule has 3 aromatic rings. The van der Waals surface area contributed by atoms with Crippen LogP contribution >= 0.6 is 22.9 Å². The van der Waals surface area contributed by atoms with Crippen molar-refractivity contribution in [3.63, 3.8) is 0 Å². The summed E-state index contributed by atoms with van der Waals surface area (Å²) < 4.78 is 0. The van der Waals surface area contributed by atoms with Crippen LogP contribution in [0.5, 0.6) is 0 Å². The average molecular weight is 414 g/mol. The second kappa shape index (κ2) is 9.20. The van der Waals surface area contributed by atoms with Gasteiger partial charge in [0.25, 0.3) is 5.91 Å². The second-order valence-corrected chi connectivity index (χ2v) is 7.34. The summed E-state index contributed by atoms with van der Waals surface area (Å²) in [4.78, 5) is 24.2. The number of hydrazone groups is 1. The van der Waals surface area contributed by atoms with Crippen molar-refractivity contribution in [1.29, 1.82) is 0 Å². The molecule has 0 radical (unpaired) electrons. The molecular formula is C19H16ClN5O2S. The average Bonchev–Trinajstić information content (AvgIpc) is 3.10. The lowest BCUT2D eigenvalue weighted by molar-refractivity contribution is -0.120. The first-order valence-electron chi connectivity index (χ1n) is 8.27. The van der Waals surface area contributed by atoms with Crippen LogP contribution in [0.15, 0.2) is 53.6 Å². The predicted molar refractivity (Wildman–Crippen MR) is 110 cm³/mol. The van der Waals surface area contributed by atoms with Gasteiger partial charge in [-0.2, -0.15) is 5.10 Å². The largest absolute Gasteiger partial charge is 0.296 e. The fraction of sp³-hybridized carbons (Fsp3) is 0.105. The van der Waals surface area contributed by atoms with Gasteiger partial charge in [-0.3, -0.25) is 14.9 Å². The van der Waals surface area contributed by atoms with E-state index in [1.165, 1.54) is 6.21 Å². The van der Waals surface area contributed by atoms with Gasteiger partial charge in [-0.1, -0.05) is 52.8 Å². The number of aromatic nitrogens is 2. The first kappa shape index (κ1) is 19.7. The Balaban J connectivity index is 1.51. The van der Waals surface area contributed by atoms with Gasteiger partial charge in [-0.25, -0.2) is 5.43 Å². The van der Waals surface area contributed by atoms with E-state index in [9.17, 15) is 9.59 Å². The highest BCUT2D eigenvalue weighted by molar-refractivity contribution is 7.15. The maximum absolute atomic E-state index is 12.2. The third-order valence-corrected chi connectivity index (χ3v) is 4.64. The molecule has 2 N–H and O–H groups in total. The number of halogens is 1. The van der Waals surface area contributed by atoms with Gasteiger partial charge in [-0.05, 0) is 36.8 Å². The van der Waals surface area contributed by atoms with E-state index < -0.39 is 0 Å². The fourth-order valence-corrected chi connectivity index (χ4v) is 3.10. The Kier molecular flexibility index (Phi) is 6.46. The van der Waals surface area contributed by atoms with Crippen LogP contribution in [0.25, 0.3) is 0 Å². The Morgan fingerprint density at radius 3 is 2.71 bits per heavy atom. The maximum Gasteiger partial charge on any atom is 0.257 e. The van der Waals surface area contributed by atoms with Crippen LogP contribution < -0.4 is 10.7 Å². The van der Waals surface area contributed by atoms with Gasteiger partial charge >= 0.3 is 0 Å². The second-order valence-electron chi connectivity index (χ2n) is 5.85. The van der Waals surface area contributed by atoms with E-state index in [0.717, 1.165) is 22.5 Å². The van der Waals surface area contributed by atoms with Gasteiger partial charge in [0.2, 0.25) is 11.0 Å². The molecular weight excluding hydrogens is 398 g/mol. The van der Waals surface area contributed by atoms with Crippen LogP contribution in [0.4, 0.5) is 5.13 Å². The van der Waals surface area contributed by atoms with Gasteiger partial charge in [0, 0.05) is 10.6 Å². The van der Waals surface area contributed by atoms with E-state index in [4.69, 9.17) is 11.6 Å². The Bertz CT molecular complexity index is 1020. The van der Waals surface area contributed by atoms with Crippen molar-refractivity contribution < 1.29 is 9.59 Å². The molecule has 28 heavy (non-hydrogen) atoms. The number of hydrogen-bond acceptors (Lipinski definition) is 6. The summed E-state index contributed by atoms with van der Waals surface area (Å²) >= 11 is 6.95.